The van der Waals surface area contributed by atoms with E-state index in [4.69, 9.17) is 4.74 Å². The zero-order chi connectivity index (χ0) is 14.3. The van der Waals surface area contributed by atoms with Crippen LogP contribution in [0.15, 0.2) is 12.2 Å². The second-order valence-electron chi connectivity index (χ2n) is 4.82. The molecule has 106 valence electrons. The zero-order valence-corrected chi connectivity index (χ0v) is 12.7. The molecule has 1 rings (SSSR count). The van der Waals surface area contributed by atoms with E-state index in [2.05, 4.69) is 36.1 Å². The Bertz CT molecular complexity index is 428. The van der Waals surface area contributed by atoms with Crippen molar-refractivity contribution in [2.45, 2.75) is 47.0 Å². The maximum atomic E-state index is 5.71. The van der Waals surface area contributed by atoms with Gasteiger partial charge >= 0.3 is 0 Å². The van der Waals surface area contributed by atoms with E-state index >= 15 is 0 Å². The SMILES string of the molecule is C/C=C/COc1nc(C(C)C)nc(NCCC)c1C. The molecular formula is C15H25N3O. The van der Waals surface area contributed by atoms with Crippen molar-refractivity contribution in [2.75, 3.05) is 18.5 Å². The van der Waals surface area contributed by atoms with Crippen molar-refractivity contribution in [3.05, 3.63) is 23.5 Å². The Labute approximate surface area is 116 Å². The average Bonchev–Trinajstić information content (AvgIpc) is 2.39. The molecule has 0 atom stereocenters. The largest absolute Gasteiger partial charge is 0.473 e. The molecule has 0 amide bonds. The first-order chi connectivity index (χ1) is 9.10. The fourth-order valence-corrected chi connectivity index (χ4v) is 1.55. The number of aromatic nitrogens is 2. The molecule has 0 aliphatic rings. The van der Waals surface area contributed by atoms with Crippen LogP contribution >= 0.6 is 0 Å². The van der Waals surface area contributed by atoms with Crippen molar-refractivity contribution in [1.82, 2.24) is 9.97 Å². The maximum absolute atomic E-state index is 5.71. The Balaban J connectivity index is 3.01. The van der Waals surface area contributed by atoms with E-state index in [1.807, 2.05) is 26.0 Å². The Morgan fingerprint density at radius 1 is 1.32 bits per heavy atom. The molecule has 0 aliphatic heterocycles. The van der Waals surface area contributed by atoms with Crippen LogP contribution in [0.25, 0.3) is 0 Å². The highest BCUT2D eigenvalue weighted by molar-refractivity contribution is 5.48. The molecule has 0 bridgehead atoms. The van der Waals surface area contributed by atoms with Crippen LogP contribution in [0.5, 0.6) is 5.88 Å². The molecule has 4 heteroatoms. The van der Waals surface area contributed by atoms with Crippen molar-refractivity contribution in [2.24, 2.45) is 0 Å². The van der Waals surface area contributed by atoms with Gasteiger partial charge in [-0.1, -0.05) is 32.9 Å². The first-order valence-electron chi connectivity index (χ1n) is 6.96. The van der Waals surface area contributed by atoms with Gasteiger partial charge in [0.25, 0.3) is 0 Å². The Hall–Kier alpha value is -1.58. The molecule has 0 radical (unpaired) electrons. The van der Waals surface area contributed by atoms with Gasteiger partial charge in [0.05, 0.1) is 5.56 Å². The minimum Gasteiger partial charge on any atom is -0.473 e. The van der Waals surface area contributed by atoms with Gasteiger partial charge in [0, 0.05) is 12.5 Å². The average molecular weight is 263 g/mol. The van der Waals surface area contributed by atoms with Crippen LogP contribution in [0.1, 0.15) is 51.4 Å². The van der Waals surface area contributed by atoms with Gasteiger partial charge in [-0.3, -0.25) is 0 Å². The molecule has 19 heavy (non-hydrogen) atoms. The molecule has 0 aromatic carbocycles. The zero-order valence-electron chi connectivity index (χ0n) is 12.7. The number of anilines is 1. The van der Waals surface area contributed by atoms with E-state index in [0.717, 1.165) is 30.2 Å². The van der Waals surface area contributed by atoms with Crippen molar-refractivity contribution >= 4 is 5.82 Å². The Morgan fingerprint density at radius 3 is 2.63 bits per heavy atom. The summed E-state index contributed by atoms with van der Waals surface area (Å²) in [5.74, 6) is 2.66. The molecule has 4 nitrogen and oxygen atoms in total. The number of nitrogens with zero attached hydrogens (tertiary/aromatic N) is 2. The normalized spacial score (nSPS) is 11.3. The second kappa shape index (κ2) is 7.77. The minimum atomic E-state index is 0.284. The third-order valence-electron chi connectivity index (χ3n) is 2.73. The Kier molecular flexibility index (Phi) is 6.33. The number of allylic oxidation sites excluding steroid dienone is 1. The fourth-order valence-electron chi connectivity index (χ4n) is 1.55. The van der Waals surface area contributed by atoms with Crippen molar-refractivity contribution in [3.8, 4) is 5.88 Å². The summed E-state index contributed by atoms with van der Waals surface area (Å²) in [4.78, 5) is 9.08. The summed E-state index contributed by atoms with van der Waals surface area (Å²) in [6, 6.07) is 0. The summed E-state index contributed by atoms with van der Waals surface area (Å²) in [7, 11) is 0. The van der Waals surface area contributed by atoms with Crippen LogP contribution in [0.4, 0.5) is 5.82 Å². The lowest BCUT2D eigenvalue weighted by atomic mass is 10.2. The number of rotatable bonds is 7. The molecular weight excluding hydrogens is 238 g/mol. The summed E-state index contributed by atoms with van der Waals surface area (Å²) in [5.41, 5.74) is 0.974. The van der Waals surface area contributed by atoms with Crippen LogP contribution in [0.2, 0.25) is 0 Å². The molecule has 1 aromatic rings. The Morgan fingerprint density at radius 2 is 2.05 bits per heavy atom. The van der Waals surface area contributed by atoms with Gasteiger partial charge in [-0.25, -0.2) is 4.98 Å². The third kappa shape index (κ3) is 4.54. The summed E-state index contributed by atoms with van der Waals surface area (Å²) in [6.07, 6.45) is 5.00. The molecule has 1 aromatic heterocycles. The third-order valence-corrected chi connectivity index (χ3v) is 2.73. The molecule has 0 fully saturated rings. The first-order valence-corrected chi connectivity index (χ1v) is 6.96. The van der Waals surface area contributed by atoms with E-state index in [9.17, 15) is 0 Å². The van der Waals surface area contributed by atoms with E-state index in [-0.39, 0.29) is 5.92 Å². The molecule has 1 N–H and O–H groups in total. The van der Waals surface area contributed by atoms with Gasteiger partial charge in [0.15, 0.2) is 0 Å². The maximum Gasteiger partial charge on any atom is 0.222 e. The lowest BCUT2D eigenvalue weighted by molar-refractivity contribution is 0.342. The van der Waals surface area contributed by atoms with Crippen LogP contribution in [0.3, 0.4) is 0 Å². The van der Waals surface area contributed by atoms with Crippen LogP contribution in [0, 0.1) is 6.92 Å². The monoisotopic (exact) mass is 263 g/mol. The van der Waals surface area contributed by atoms with Gasteiger partial charge in [0.1, 0.15) is 18.2 Å². The van der Waals surface area contributed by atoms with Gasteiger partial charge < -0.3 is 10.1 Å². The quantitative estimate of drug-likeness (QED) is 0.762. The van der Waals surface area contributed by atoms with Gasteiger partial charge in [-0.05, 0) is 20.3 Å². The van der Waals surface area contributed by atoms with E-state index in [1.165, 1.54) is 0 Å². The number of nitrogens with one attached hydrogen (secondary N) is 1. The van der Waals surface area contributed by atoms with Crippen LogP contribution in [-0.2, 0) is 0 Å². The molecule has 0 saturated heterocycles. The van der Waals surface area contributed by atoms with Gasteiger partial charge in [0.2, 0.25) is 5.88 Å². The first kappa shape index (κ1) is 15.5. The van der Waals surface area contributed by atoms with E-state index in [1.54, 1.807) is 0 Å². The molecule has 0 aliphatic carbocycles. The number of hydrogen-bond donors (Lipinski definition) is 1. The highest BCUT2D eigenvalue weighted by atomic mass is 16.5. The fraction of sp³-hybridized carbons (Fsp3) is 0.600. The highest BCUT2D eigenvalue weighted by Gasteiger charge is 2.13. The van der Waals surface area contributed by atoms with Gasteiger partial charge in [-0.2, -0.15) is 4.98 Å². The highest BCUT2D eigenvalue weighted by Crippen LogP contribution is 2.24. The predicted octanol–water partition coefficient (Wildman–Crippen LogP) is 3.69. The minimum absolute atomic E-state index is 0.284. The summed E-state index contributed by atoms with van der Waals surface area (Å²) < 4.78 is 5.71. The summed E-state index contributed by atoms with van der Waals surface area (Å²) >= 11 is 0. The number of ether oxygens (including phenoxy) is 1. The van der Waals surface area contributed by atoms with E-state index in [0.29, 0.717) is 12.5 Å². The molecule has 0 spiro atoms. The summed E-state index contributed by atoms with van der Waals surface area (Å²) in [6.45, 7) is 11.7. The van der Waals surface area contributed by atoms with Crippen molar-refractivity contribution in [3.63, 3.8) is 0 Å². The van der Waals surface area contributed by atoms with Crippen LogP contribution < -0.4 is 10.1 Å². The second-order valence-corrected chi connectivity index (χ2v) is 4.82. The lowest BCUT2D eigenvalue weighted by Gasteiger charge is -2.15. The lowest BCUT2D eigenvalue weighted by Crippen LogP contribution is -2.11. The molecule has 1 heterocycles. The van der Waals surface area contributed by atoms with Crippen molar-refractivity contribution in [1.29, 1.82) is 0 Å². The molecule has 0 saturated carbocycles. The van der Waals surface area contributed by atoms with Gasteiger partial charge in [-0.15, -0.1) is 0 Å². The van der Waals surface area contributed by atoms with Crippen molar-refractivity contribution < 1.29 is 4.74 Å². The predicted molar refractivity (Wildman–Crippen MR) is 79.9 cm³/mol. The number of hydrogen-bond acceptors (Lipinski definition) is 4. The topological polar surface area (TPSA) is 47.0 Å². The van der Waals surface area contributed by atoms with Crippen LogP contribution in [-0.4, -0.2) is 23.1 Å². The smallest absolute Gasteiger partial charge is 0.222 e. The standard InChI is InChI=1S/C15H25N3O/c1-6-8-10-19-15-12(5)14(16-9-7-2)17-13(18-15)11(3)4/h6,8,11H,7,9-10H2,1-5H3,(H,16,17,18)/b8-6+. The summed E-state index contributed by atoms with van der Waals surface area (Å²) in [5, 5.41) is 3.34. The van der Waals surface area contributed by atoms with E-state index < -0.39 is 0 Å². The molecule has 0 unspecified atom stereocenters.